The van der Waals surface area contributed by atoms with Crippen LogP contribution in [-0.2, 0) is 5.75 Å². The molecule has 1 nitrogen and oxygen atoms in total. The third-order valence-corrected chi connectivity index (χ3v) is 4.68. The molecule has 0 bridgehead atoms. The highest BCUT2D eigenvalue weighted by molar-refractivity contribution is 7.98. The molecule has 0 fully saturated rings. The van der Waals surface area contributed by atoms with Crippen molar-refractivity contribution in [3.05, 3.63) is 65.2 Å². The van der Waals surface area contributed by atoms with Gasteiger partial charge in [0.25, 0.3) is 0 Å². The molecule has 0 aliphatic heterocycles. The zero-order chi connectivity index (χ0) is 14.4. The van der Waals surface area contributed by atoms with E-state index in [1.165, 1.54) is 21.6 Å². The summed E-state index contributed by atoms with van der Waals surface area (Å²) in [4.78, 5) is 1.38. The van der Waals surface area contributed by atoms with Gasteiger partial charge in [-0.3, -0.25) is 0 Å². The zero-order valence-corrected chi connectivity index (χ0v) is 13.3. The molecule has 106 valence electrons. The van der Waals surface area contributed by atoms with Gasteiger partial charge in [-0.1, -0.05) is 49.4 Å². The predicted octanol–water partition coefficient (Wildman–Crippen LogP) is 4.96. The molecule has 1 N–H and O–H groups in total. The molecule has 0 aliphatic carbocycles. The second-order valence-corrected chi connectivity index (χ2v) is 6.05. The normalized spacial score (nSPS) is 12.3. The summed E-state index contributed by atoms with van der Waals surface area (Å²) in [6.45, 7) is 7.57. The van der Waals surface area contributed by atoms with Gasteiger partial charge in [-0.25, -0.2) is 0 Å². The standard InChI is InChI=1S/C18H23NS/c1-4-19-15(3)17-11-7-8-12-18(17)20-13-16-10-6-5-9-14(16)2/h5-12,15,19H,4,13H2,1-3H3. The molecule has 2 heteroatoms. The van der Waals surface area contributed by atoms with Crippen LogP contribution in [0.2, 0.25) is 0 Å². The summed E-state index contributed by atoms with van der Waals surface area (Å²) in [6.07, 6.45) is 0. The Morgan fingerprint density at radius 2 is 1.75 bits per heavy atom. The van der Waals surface area contributed by atoms with Crippen LogP contribution in [-0.4, -0.2) is 6.54 Å². The van der Waals surface area contributed by atoms with E-state index in [0.29, 0.717) is 6.04 Å². The number of aryl methyl sites for hydroxylation is 1. The maximum Gasteiger partial charge on any atom is 0.0302 e. The molecule has 0 aliphatic rings. The number of benzene rings is 2. The monoisotopic (exact) mass is 285 g/mol. The first-order chi connectivity index (χ1) is 9.72. The minimum Gasteiger partial charge on any atom is -0.310 e. The van der Waals surface area contributed by atoms with Crippen LogP contribution in [0.15, 0.2) is 53.4 Å². The molecular weight excluding hydrogens is 262 g/mol. The van der Waals surface area contributed by atoms with Crippen LogP contribution < -0.4 is 5.32 Å². The predicted molar refractivity (Wildman–Crippen MR) is 89.3 cm³/mol. The first-order valence-corrected chi connectivity index (χ1v) is 8.20. The van der Waals surface area contributed by atoms with Gasteiger partial charge in [-0.2, -0.15) is 0 Å². The Kier molecular flexibility index (Phi) is 5.69. The Labute approximate surface area is 126 Å². The molecule has 0 saturated carbocycles. The lowest BCUT2D eigenvalue weighted by atomic mass is 10.1. The molecule has 0 spiro atoms. The van der Waals surface area contributed by atoms with Crippen molar-refractivity contribution in [3.63, 3.8) is 0 Å². The highest BCUT2D eigenvalue weighted by Gasteiger charge is 2.09. The molecule has 0 aromatic heterocycles. The lowest BCUT2D eigenvalue weighted by molar-refractivity contribution is 0.590. The number of rotatable bonds is 6. The SMILES string of the molecule is CCNC(C)c1ccccc1SCc1ccccc1C. The summed E-state index contributed by atoms with van der Waals surface area (Å²) >= 11 is 1.93. The van der Waals surface area contributed by atoms with Crippen molar-refractivity contribution < 1.29 is 0 Å². The molecule has 2 rings (SSSR count). The van der Waals surface area contributed by atoms with Gasteiger partial charge < -0.3 is 5.32 Å². The molecule has 1 unspecified atom stereocenters. The van der Waals surface area contributed by atoms with Crippen LogP contribution >= 0.6 is 11.8 Å². The lowest BCUT2D eigenvalue weighted by Crippen LogP contribution is -2.18. The molecule has 20 heavy (non-hydrogen) atoms. The van der Waals surface area contributed by atoms with Crippen molar-refractivity contribution >= 4 is 11.8 Å². The van der Waals surface area contributed by atoms with Gasteiger partial charge in [0.05, 0.1) is 0 Å². The fourth-order valence-corrected chi connectivity index (χ4v) is 3.53. The minimum atomic E-state index is 0.403. The summed E-state index contributed by atoms with van der Waals surface area (Å²) in [7, 11) is 0. The number of nitrogens with one attached hydrogen (secondary N) is 1. The lowest BCUT2D eigenvalue weighted by Gasteiger charge is -2.17. The fourth-order valence-electron chi connectivity index (χ4n) is 2.31. The Balaban J connectivity index is 2.12. The third-order valence-electron chi connectivity index (χ3n) is 3.54. The van der Waals surface area contributed by atoms with E-state index < -0.39 is 0 Å². The van der Waals surface area contributed by atoms with Crippen molar-refractivity contribution in [1.82, 2.24) is 5.32 Å². The fraction of sp³-hybridized carbons (Fsp3) is 0.333. The number of thioether (sulfide) groups is 1. The molecule has 0 saturated heterocycles. The number of hydrogen-bond donors (Lipinski definition) is 1. The zero-order valence-electron chi connectivity index (χ0n) is 12.5. The summed E-state index contributed by atoms with van der Waals surface area (Å²) in [5.74, 6) is 1.03. The maximum absolute atomic E-state index is 3.50. The van der Waals surface area contributed by atoms with Gasteiger partial charge >= 0.3 is 0 Å². The summed E-state index contributed by atoms with van der Waals surface area (Å²) in [5, 5.41) is 3.50. The quantitative estimate of drug-likeness (QED) is 0.753. The second kappa shape index (κ2) is 7.51. The first-order valence-electron chi connectivity index (χ1n) is 7.22. The summed E-state index contributed by atoms with van der Waals surface area (Å²) in [6, 6.07) is 17.7. The Morgan fingerprint density at radius 3 is 2.50 bits per heavy atom. The van der Waals surface area contributed by atoms with E-state index in [0.717, 1.165) is 12.3 Å². The smallest absolute Gasteiger partial charge is 0.0302 e. The summed E-state index contributed by atoms with van der Waals surface area (Å²) < 4.78 is 0. The van der Waals surface area contributed by atoms with Crippen LogP contribution in [0.5, 0.6) is 0 Å². The highest BCUT2D eigenvalue weighted by atomic mass is 32.2. The summed E-state index contributed by atoms with van der Waals surface area (Å²) in [5.41, 5.74) is 4.19. The van der Waals surface area contributed by atoms with Gasteiger partial charge in [-0.15, -0.1) is 11.8 Å². The van der Waals surface area contributed by atoms with E-state index in [4.69, 9.17) is 0 Å². The highest BCUT2D eigenvalue weighted by Crippen LogP contribution is 2.30. The molecule has 1 atom stereocenters. The van der Waals surface area contributed by atoms with Gasteiger partial charge in [0.2, 0.25) is 0 Å². The van der Waals surface area contributed by atoms with Crippen LogP contribution in [0.1, 0.15) is 36.6 Å². The molecule has 0 radical (unpaired) electrons. The van der Waals surface area contributed by atoms with Crippen LogP contribution in [0, 0.1) is 6.92 Å². The molecular formula is C18H23NS. The molecule has 2 aromatic carbocycles. The van der Waals surface area contributed by atoms with E-state index in [-0.39, 0.29) is 0 Å². The average molecular weight is 285 g/mol. The Morgan fingerprint density at radius 1 is 1.05 bits per heavy atom. The largest absolute Gasteiger partial charge is 0.310 e. The van der Waals surface area contributed by atoms with Crippen molar-refractivity contribution in [1.29, 1.82) is 0 Å². The van der Waals surface area contributed by atoms with Crippen molar-refractivity contribution in [2.24, 2.45) is 0 Å². The molecule has 2 aromatic rings. The van der Waals surface area contributed by atoms with Gasteiger partial charge in [0.15, 0.2) is 0 Å². The van der Waals surface area contributed by atoms with Crippen LogP contribution in [0.4, 0.5) is 0 Å². The molecule has 0 heterocycles. The topological polar surface area (TPSA) is 12.0 Å². The van der Waals surface area contributed by atoms with E-state index >= 15 is 0 Å². The van der Waals surface area contributed by atoms with Gasteiger partial charge in [0, 0.05) is 16.7 Å². The third kappa shape index (κ3) is 3.87. The van der Waals surface area contributed by atoms with Crippen molar-refractivity contribution in [3.8, 4) is 0 Å². The van der Waals surface area contributed by atoms with E-state index in [9.17, 15) is 0 Å². The first kappa shape index (κ1) is 15.1. The molecule has 0 amide bonds. The minimum absolute atomic E-state index is 0.403. The van der Waals surface area contributed by atoms with E-state index in [2.05, 4.69) is 74.6 Å². The average Bonchev–Trinajstić information content (AvgIpc) is 2.47. The van der Waals surface area contributed by atoms with Gasteiger partial charge in [0.1, 0.15) is 0 Å². The maximum atomic E-state index is 3.50. The van der Waals surface area contributed by atoms with Crippen molar-refractivity contribution in [2.45, 2.75) is 37.5 Å². The van der Waals surface area contributed by atoms with E-state index in [1.807, 2.05) is 11.8 Å². The van der Waals surface area contributed by atoms with Crippen LogP contribution in [0.25, 0.3) is 0 Å². The van der Waals surface area contributed by atoms with Crippen molar-refractivity contribution in [2.75, 3.05) is 6.54 Å². The Bertz CT molecular complexity index is 551. The van der Waals surface area contributed by atoms with E-state index in [1.54, 1.807) is 0 Å². The Hall–Kier alpha value is -1.25. The second-order valence-electron chi connectivity index (χ2n) is 5.03. The number of hydrogen-bond acceptors (Lipinski definition) is 2. The van der Waals surface area contributed by atoms with Gasteiger partial charge in [-0.05, 0) is 43.1 Å². The van der Waals surface area contributed by atoms with Crippen LogP contribution in [0.3, 0.4) is 0 Å².